The highest BCUT2D eigenvalue weighted by Gasteiger charge is 2.12. The van der Waals surface area contributed by atoms with E-state index >= 15 is 0 Å². The third kappa shape index (κ3) is 1.91. The first-order valence-corrected chi connectivity index (χ1v) is 6.30. The Balaban J connectivity index is 2.06. The highest BCUT2D eigenvalue weighted by atomic mass is 32.1. The average molecular weight is 269 g/mol. The molecule has 7 heteroatoms. The van der Waals surface area contributed by atoms with E-state index in [0.717, 1.165) is 34.2 Å². The van der Waals surface area contributed by atoms with Gasteiger partial charge in [0, 0.05) is 11.8 Å². The maximum Gasteiger partial charge on any atom is 0.272 e. The van der Waals surface area contributed by atoms with E-state index in [1.165, 1.54) is 6.07 Å². The molecule has 0 saturated heterocycles. The Labute approximate surface area is 103 Å². The maximum atomic E-state index is 12.5. The lowest BCUT2D eigenvalue weighted by atomic mass is 10.1. The van der Waals surface area contributed by atoms with E-state index < -0.39 is 6.43 Å². The molecule has 0 radical (unpaired) electrons. The van der Waals surface area contributed by atoms with Gasteiger partial charge in [0.25, 0.3) is 6.43 Å². The van der Waals surface area contributed by atoms with Gasteiger partial charge in [0.1, 0.15) is 5.52 Å². The SMILES string of the molecule is FC(F)c1cc(-c2cnc3nsnc3c2)cs1. The van der Waals surface area contributed by atoms with Crippen LogP contribution >= 0.6 is 23.1 Å². The number of rotatable bonds is 2. The van der Waals surface area contributed by atoms with Gasteiger partial charge in [0.2, 0.25) is 0 Å². The Morgan fingerprint density at radius 1 is 1.12 bits per heavy atom. The van der Waals surface area contributed by atoms with Crippen LogP contribution in [0, 0.1) is 0 Å². The van der Waals surface area contributed by atoms with Gasteiger partial charge in [-0.3, -0.25) is 0 Å². The van der Waals surface area contributed by atoms with Gasteiger partial charge < -0.3 is 0 Å². The first-order chi connectivity index (χ1) is 8.24. The predicted molar refractivity (Wildman–Crippen MR) is 63.5 cm³/mol. The largest absolute Gasteiger partial charge is 0.272 e. The molecule has 0 aliphatic rings. The summed E-state index contributed by atoms with van der Waals surface area (Å²) in [4.78, 5) is 4.19. The highest BCUT2D eigenvalue weighted by Crippen LogP contribution is 2.32. The fourth-order valence-electron chi connectivity index (χ4n) is 1.46. The van der Waals surface area contributed by atoms with Crippen LogP contribution < -0.4 is 0 Å². The number of halogens is 2. The number of fused-ring (bicyclic) bond motifs is 1. The molecule has 3 rings (SSSR count). The van der Waals surface area contributed by atoms with Crippen LogP contribution in [0.4, 0.5) is 8.78 Å². The van der Waals surface area contributed by atoms with Gasteiger partial charge in [-0.15, -0.1) is 11.3 Å². The second-order valence-corrected chi connectivity index (χ2v) is 4.84. The van der Waals surface area contributed by atoms with E-state index in [4.69, 9.17) is 0 Å². The monoisotopic (exact) mass is 269 g/mol. The summed E-state index contributed by atoms with van der Waals surface area (Å²) in [5, 5.41) is 1.70. The molecule has 86 valence electrons. The minimum Gasteiger partial charge on any atom is -0.234 e. The highest BCUT2D eigenvalue weighted by molar-refractivity contribution is 7.10. The zero-order valence-electron chi connectivity index (χ0n) is 8.30. The van der Waals surface area contributed by atoms with E-state index in [1.807, 2.05) is 6.07 Å². The van der Waals surface area contributed by atoms with Crippen molar-refractivity contribution >= 4 is 34.2 Å². The molecule has 0 N–H and O–H groups in total. The number of alkyl halides is 2. The fraction of sp³-hybridized carbons (Fsp3) is 0.100. The molecule has 3 aromatic rings. The van der Waals surface area contributed by atoms with Crippen LogP contribution in [-0.2, 0) is 0 Å². The first kappa shape index (κ1) is 10.7. The van der Waals surface area contributed by atoms with Gasteiger partial charge in [0.05, 0.1) is 16.6 Å². The van der Waals surface area contributed by atoms with Crippen molar-refractivity contribution in [1.82, 2.24) is 13.7 Å². The van der Waals surface area contributed by atoms with Gasteiger partial charge in [-0.2, -0.15) is 8.75 Å². The Bertz CT molecular complexity index is 662. The lowest BCUT2D eigenvalue weighted by Gasteiger charge is -1.95. The fourth-order valence-corrected chi connectivity index (χ4v) is 2.71. The third-order valence-corrected chi connectivity index (χ3v) is 3.75. The predicted octanol–water partition coefficient (Wildman–Crippen LogP) is 3.75. The van der Waals surface area contributed by atoms with Gasteiger partial charge in [0.15, 0.2) is 5.65 Å². The normalized spacial score (nSPS) is 11.5. The van der Waals surface area contributed by atoms with Crippen LogP contribution in [0.3, 0.4) is 0 Å². The molecule has 0 unspecified atom stereocenters. The summed E-state index contributed by atoms with van der Waals surface area (Å²) in [6, 6.07) is 3.29. The number of hydrogen-bond donors (Lipinski definition) is 0. The Hall–Kier alpha value is -1.47. The molecule has 17 heavy (non-hydrogen) atoms. The molecule has 0 saturated carbocycles. The minimum atomic E-state index is -2.42. The van der Waals surface area contributed by atoms with Crippen molar-refractivity contribution in [3.05, 3.63) is 28.6 Å². The number of hydrogen-bond acceptors (Lipinski definition) is 5. The van der Waals surface area contributed by atoms with Crippen LogP contribution in [0.25, 0.3) is 22.3 Å². The molecule has 0 aliphatic heterocycles. The van der Waals surface area contributed by atoms with E-state index in [-0.39, 0.29) is 4.88 Å². The van der Waals surface area contributed by atoms with Crippen LogP contribution in [0.5, 0.6) is 0 Å². The average Bonchev–Trinajstić information content (AvgIpc) is 2.97. The third-order valence-electron chi connectivity index (χ3n) is 2.28. The summed E-state index contributed by atoms with van der Waals surface area (Å²) in [5.41, 5.74) is 2.81. The second kappa shape index (κ2) is 4.08. The van der Waals surface area contributed by atoms with Crippen LogP contribution in [0.15, 0.2) is 23.7 Å². The van der Waals surface area contributed by atoms with Crippen molar-refractivity contribution in [3.63, 3.8) is 0 Å². The number of thiophene rings is 1. The van der Waals surface area contributed by atoms with E-state index in [9.17, 15) is 8.78 Å². The number of aromatic nitrogens is 3. The molecule has 0 atom stereocenters. The molecule has 0 amide bonds. The lowest BCUT2D eigenvalue weighted by molar-refractivity contribution is 0.155. The summed E-state index contributed by atoms with van der Waals surface area (Å²) < 4.78 is 33.0. The van der Waals surface area contributed by atoms with Crippen LogP contribution in [0.2, 0.25) is 0 Å². The summed E-state index contributed by atoms with van der Waals surface area (Å²) in [6.45, 7) is 0. The van der Waals surface area contributed by atoms with Gasteiger partial charge in [-0.1, -0.05) is 0 Å². The Morgan fingerprint density at radius 2 is 2.00 bits per heavy atom. The molecule has 0 aromatic carbocycles. The number of pyridine rings is 1. The van der Waals surface area contributed by atoms with E-state index in [2.05, 4.69) is 13.7 Å². The molecular weight excluding hydrogens is 264 g/mol. The van der Waals surface area contributed by atoms with Crippen molar-refractivity contribution < 1.29 is 8.78 Å². The first-order valence-electron chi connectivity index (χ1n) is 4.69. The summed E-state index contributed by atoms with van der Waals surface area (Å²) in [7, 11) is 0. The topological polar surface area (TPSA) is 38.7 Å². The molecule has 0 fully saturated rings. The van der Waals surface area contributed by atoms with Crippen molar-refractivity contribution in [2.24, 2.45) is 0 Å². The van der Waals surface area contributed by atoms with Crippen molar-refractivity contribution in [1.29, 1.82) is 0 Å². The minimum absolute atomic E-state index is 0.0662. The number of nitrogens with zero attached hydrogens (tertiary/aromatic N) is 3. The summed E-state index contributed by atoms with van der Waals surface area (Å²) in [6.07, 6.45) is -0.799. The molecule has 0 spiro atoms. The van der Waals surface area contributed by atoms with E-state index in [0.29, 0.717) is 11.2 Å². The molecular formula is C10H5F2N3S2. The van der Waals surface area contributed by atoms with Crippen molar-refractivity contribution in [2.45, 2.75) is 6.43 Å². The molecule has 3 aromatic heterocycles. The van der Waals surface area contributed by atoms with Crippen molar-refractivity contribution in [2.75, 3.05) is 0 Å². The zero-order valence-corrected chi connectivity index (χ0v) is 9.93. The molecule has 3 heterocycles. The summed E-state index contributed by atoms with van der Waals surface area (Å²) >= 11 is 2.14. The molecule has 3 nitrogen and oxygen atoms in total. The van der Waals surface area contributed by atoms with Crippen LogP contribution in [0.1, 0.15) is 11.3 Å². The lowest BCUT2D eigenvalue weighted by Crippen LogP contribution is -1.80. The smallest absolute Gasteiger partial charge is 0.234 e. The quantitative estimate of drug-likeness (QED) is 0.711. The van der Waals surface area contributed by atoms with Gasteiger partial charge >= 0.3 is 0 Å². The Morgan fingerprint density at radius 3 is 2.76 bits per heavy atom. The van der Waals surface area contributed by atoms with Gasteiger partial charge in [-0.05, 0) is 23.1 Å². The molecule has 0 aliphatic carbocycles. The van der Waals surface area contributed by atoms with Gasteiger partial charge in [-0.25, -0.2) is 13.8 Å². The second-order valence-electron chi connectivity index (χ2n) is 3.37. The van der Waals surface area contributed by atoms with E-state index in [1.54, 1.807) is 11.6 Å². The maximum absolute atomic E-state index is 12.5. The zero-order chi connectivity index (χ0) is 11.8. The van der Waals surface area contributed by atoms with Crippen molar-refractivity contribution in [3.8, 4) is 11.1 Å². The molecule has 0 bridgehead atoms. The summed E-state index contributed by atoms with van der Waals surface area (Å²) in [5.74, 6) is 0. The Kier molecular flexibility index (Phi) is 2.56. The van der Waals surface area contributed by atoms with Crippen LogP contribution in [-0.4, -0.2) is 13.7 Å². The standard InChI is InChI=1S/C10H5F2N3S2/c11-9(12)8-2-6(4-16-8)5-1-7-10(13-3-5)15-17-14-7/h1-4,9H.